The van der Waals surface area contributed by atoms with Gasteiger partial charge in [-0.25, -0.2) is 23.7 Å². The minimum Gasteiger partial charge on any atom is -0.496 e. The summed E-state index contributed by atoms with van der Waals surface area (Å²) in [6.07, 6.45) is -1.18. The lowest BCUT2D eigenvalue weighted by atomic mass is 9.96. The number of benzene rings is 2. The van der Waals surface area contributed by atoms with Gasteiger partial charge in [0.15, 0.2) is 0 Å². The third-order valence-corrected chi connectivity index (χ3v) is 9.41. The number of halogens is 5. The molecule has 0 saturated carbocycles. The molecule has 0 radical (unpaired) electrons. The van der Waals surface area contributed by atoms with Gasteiger partial charge in [-0.05, 0) is 49.4 Å². The van der Waals surface area contributed by atoms with Gasteiger partial charge in [0.1, 0.15) is 52.2 Å². The Balaban J connectivity index is 1.12. The first kappa shape index (κ1) is 35.7. The Hall–Kier alpha value is -5.68. The van der Waals surface area contributed by atoms with Crippen molar-refractivity contribution >= 4 is 29.0 Å². The summed E-state index contributed by atoms with van der Waals surface area (Å²) in [6.45, 7) is 3.02. The standard InChI is InChI=1S/C36H33F5N8O4/c1-19-18-53-28(17-49(19)35(51)21-14-47(15-21)16-24-25(37)4-3-5-26(24)38)33-46-30(31-32(42)44-10-11-48(31)33)23-7-6-20(12-27(23)52-2)34(50)45-29-13-22(8-9-43-29)36(39,40)41/h3-13,19,21,28H,14-18H2,1-2H3,(H2,42,44)(H,43,45,50)/t19-,28+/m0/s1. The van der Waals surface area contributed by atoms with Crippen molar-refractivity contribution in [2.75, 3.05) is 44.4 Å². The maximum absolute atomic E-state index is 14.2. The number of methoxy groups -OCH3 is 1. The maximum atomic E-state index is 14.2. The molecule has 2 saturated heterocycles. The number of imidazole rings is 1. The summed E-state index contributed by atoms with van der Waals surface area (Å²) >= 11 is 0. The van der Waals surface area contributed by atoms with Crippen LogP contribution in [0, 0.1) is 17.6 Å². The number of nitrogen functional groups attached to an aromatic ring is 1. The van der Waals surface area contributed by atoms with Crippen LogP contribution in [0.5, 0.6) is 5.75 Å². The summed E-state index contributed by atoms with van der Waals surface area (Å²) in [5.74, 6) is -1.94. The van der Waals surface area contributed by atoms with E-state index in [2.05, 4.69) is 15.3 Å². The number of anilines is 2. The molecule has 3 aromatic heterocycles. The molecule has 5 heterocycles. The summed E-state index contributed by atoms with van der Waals surface area (Å²) in [5, 5.41) is 2.38. The van der Waals surface area contributed by atoms with Crippen LogP contribution in [0.1, 0.15) is 40.3 Å². The molecule has 2 fully saturated rings. The zero-order valence-corrected chi connectivity index (χ0v) is 28.4. The Kier molecular flexibility index (Phi) is 9.46. The van der Waals surface area contributed by atoms with Crippen molar-refractivity contribution in [3.63, 3.8) is 0 Å². The number of rotatable bonds is 8. The predicted octanol–water partition coefficient (Wildman–Crippen LogP) is 5.35. The van der Waals surface area contributed by atoms with Gasteiger partial charge in [-0.2, -0.15) is 13.2 Å². The van der Waals surface area contributed by atoms with Crippen LogP contribution in [0.3, 0.4) is 0 Å². The smallest absolute Gasteiger partial charge is 0.416 e. The van der Waals surface area contributed by atoms with E-state index in [1.165, 1.54) is 43.6 Å². The third-order valence-electron chi connectivity index (χ3n) is 9.41. The molecule has 7 rings (SSSR count). The number of alkyl halides is 3. The van der Waals surface area contributed by atoms with E-state index < -0.39 is 35.4 Å². The van der Waals surface area contributed by atoms with Crippen LogP contribution in [-0.2, 0) is 22.3 Å². The minimum absolute atomic E-state index is 0.0315. The van der Waals surface area contributed by atoms with E-state index in [0.29, 0.717) is 35.7 Å². The van der Waals surface area contributed by atoms with Crippen molar-refractivity contribution in [3.8, 4) is 17.0 Å². The Morgan fingerprint density at radius 2 is 1.79 bits per heavy atom. The van der Waals surface area contributed by atoms with Gasteiger partial charge in [0.05, 0.1) is 37.8 Å². The van der Waals surface area contributed by atoms with Crippen LogP contribution >= 0.6 is 0 Å². The number of pyridine rings is 1. The van der Waals surface area contributed by atoms with E-state index in [1.807, 2.05) is 11.8 Å². The third kappa shape index (κ3) is 6.96. The first-order valence-corrected chi connectivity index (χ1v) is 16.5. The summed E-state index contributed by atoms with van der Waals surface area (Å²) in [6, 6.07) is 9.45. The van der Waals surface area contributed by atoms with Crippen molar-refractivity contribution in [3.05, 3.63) is 101 Å². The van der Waals surface area contributed by atoms with Crippen molar-refractivity contribution in [1.29, 1.82) is 0 Å². The van der Waals surface area contributed by atoms with Gasteiger partial charge in [0, 0.05) is 54.9 Å². The molecule has 0 unspecified atom stereocenters. The lowest BCUT2D eigenvalue weighted by molar-refractivity contribution is -0.154. The normalized spacial score (nSPS) is 18.2. The Labute approximate surface area is 299 Å². The summed E-state index contributed by atoms with van der Waals surface area (Å²) < 4.78 is 81.5. The fourth-order valence-corrected chi connectivity index (χ4v) is 6.61. The number of hydrogen-bond acceptors (Lipinski definition) is 9. The topological polar surface area (TPSA) is 140 Å². The number of carbonyl (C=O) groups excluding carboxylic acids is 2. The highest BCUT2D eigenvalue weighted by molar-refractivity contribution is 6.04. The molecule has 2 aliphatic rings. The van der Waals surface area contributed by atoms with Gasteiger partial charge >= 0.3 is 6.18 Å². The molecule has 53 heavy (non-hydrogen) atoms. The van der Waals surface area contributed by atoms with E-state index in [0.717, 1.165) is 18.3 Å². The van der Waals surface area contributed by atoms with Gasteiger partial charge in [0.25, 0.3) is 5.91 Å². The number of ether oxygens (including phenoxy) is 2. The van der Waals surface area contributed by atoms with Crippen LogP contribution in [0.4, 0.5) is 33.6 Å². The zero-order chi connectivity index (χ0) is 37.6. The summed E-state index contributed by atoms with van der Waals surface area (Å²) in [4.78, 5) is 43.3. The van der Waals surface area contributed by atoms with E-state index in [-0.39, 0.29) is 66.1 Å². The molecular weight excluding hydrogens is 703 g/mol. The highest BCUT2D eigenvalue weighted by atomic mass is 19.4. The lowest BCUT2D eigenvalue weighted by Gasteiger charge is -2.44. The number of nitrogens with two attached hydrogens (primary N) is 1. The van der Waals surface area contributed by atoms with E-state index >= 15 is 0 Å². The predicted molar refractivity (Wildman–Crippen MR) is 182 cm³/mol. The van der Waals surface area contributed by atoms with Crippen LogP contribution in [0.2, 0.25) is 0 Å². The number of nitrogens with zero attached hydrogens (tertiary/aromatic N) is 6. The highest BCUT2D eigenvalue weighted by Crippen LogP contribution is 2.38. The van der Waals surface area contributed by atoms with Crippen molar-refractivity contribution in [2.45, 2.75) is 31.8 Å². The number of aromatic nitrogens is 4. The van der Waals surface area contributed by atoms with Gasteiger partial charge in [-0.15, -0.1) is 0 Å². The first-order chi connectivity index (χ1) is 25.3. The maximum Gasteiger partial charge on any atom is 0.416 e. The van der Waals surface area contributed by atoms with Gasteiger partial charge in [0.2, 0.25) is 5.91 Å². The Bertz CT molecular complexity index is 2190. The second-order valence-corrected chi connectivity index (χ2v) is 12.9. The molecule has 17 heteroatoms. The van der Waals surface area contributed by atoms with E-state index in [4.69, 9.17) is 20.2 Å². The number of likely N-dealkylation sites (tertiary alicyclic amines) is 1. The monoisotopic (exact) mass is 736 g/mol. The molecule has 2 aliphatic heterocycles. The van der Waals surface area contributed by atoms with Gasteiger partial charge < -0.3 is 25.4 Å². The van der Waals surface area contributed by atoms with Crippen LogP contribution in [-0.4, -0.2) is 80.4 Å². The SMILES string of the molecule is COc1cc(C(=O)Nc2cc(C(F)(F)F)ccn2)ccc1-c1nc([C@H]2CN(C(=O)C3CN(Cc4c(F)cccc4F)C3)[C@@H](C)CO2)n2ccnc(N)c12. The van der Waals surface area contributed by atoms with E-state index in [9.17, 15) is 31.5 Å². The quantitative estimate of drug-likeness (QED) is 0.202. The second-order valence-electron chi connectivity index (χ2n) is 12.9. The second kappa shape index (κ2) is 14.0. The molecule has 2 atom stereocenters. The fraction of sp³-hybridized carbons (Fsp3) is 0.306. The number of carbonyl (C=O) groups is 2. The average molecular weight is 737 g/mol. The lowest BCUT2D eigenvalue weighted by Crippen LogP contribution is -2.58. The van der Waals surface area contributed by atoms with E-state index in [1.54, 1.807) is 21.6 Å². The van der Waals surface area contributed by atoms with Crippen molar-refractivity contribution in [2.24, 2.45) is 5.92 Å². The largest absolute Gasteiger partial charge is 0.496 e. The van der Waals surface area contributed by atoms with Crippen LogP contribution in [0.15, 0.2) is 67.1 Å². The number of hydrogen-bond donors (Lipinski definition) is 2. The summed E-state index contributed by atoms with van der Waals surface area (Å²) in [7, 11) is 1.39. The molecule has 12 nitrogen and oxygen atoms in total. The number of fused-ring (bicyclic) bond motifs is 1. The Morgan fingerprint density at radius 3 is 2.51 bits per heavy atom. The molecule has 3 N–H and O–H groups in total. The van der Waals surface area contributed by atoms with Gasteiger partial charge in [-0.1, -0.05) is 6.07 Å². The Morgan fingerprint density at radius 1 is 1.04 bits per heavy atom. The number of morpholine rings is 1. The summed E-state index contributed by atoms with van der Waals surface area (Å²) in [5.41, 5.74) is 6.65. The molecule has 276 valence electrons. The van der Waals surface area contributed by atoms with Crippen molar-refractivity contribution < 1.29 is 41.0 Å². The molecule has 5 aromatic rings. The molecule has 0 bridgehead atoms. The molecule has 0 spiro atoms. The minimum atomic E-state index is -4.61. The average Bonchev–Trinajstić information content (AvgIpc) is 3.51. The number of amides is 2. The van der Waals surface area contributed by atoms with Crippen LogP contribution < -0.4 is 15.8 Å². The molecule has 0 aliphatic carbocycles. The molecular formula is C36H33F5N8O4. The molecule has 2 amide bonds. The van der Waals surface area contributed by atoms with Gasteiger partial charge in [-0.3, -0.25) is 18.9 Å². The van der Waals surface area contributed by atoms with Crippen molar-refractivity contribution in [1.82, 2.24) is 29.2 Å². The first-order valence-electron chi connectivity index (χ1n) is 16.5. The fourth-order valence-electron chi connectivity index (χ4n) is 6.61. The number of nitrogens with one attached hydrogen (secondary N) is 1. The van der Waals surface area contributed by atoms with Crippen LogP contribution in [0.25, 0.3) is 16.8 Å². The molecule has 2 aromatic carbocycles. The zero-order valence-electron chi connectivity index (χ0n) is 28.4. The highest BCUT2D eigenvalue weighted by Gasteiger charge is 2.41.